The van der Waals surface area contributed by atoms with E-state index in [1.807, 2.05) is 30.1 Å². The molecule has 0 N–H and O–H groups in total. The van der Waals surface area contributed by atoms with E-state index in [1.165, 1.54) is 0 Å². The zero-order valence-electron chi connectivity index (χ0n) is 16.2. The van der Waals surface area contributed by atoms with Crippen LogP contribution in [0.2, 0.25) is 0 Å². The summed E-state index contributed by atoms with van der Waals surface area (Å²) in [5.74, 6) is 2.96. The molecular formula is C20H26N6O. The Balaban J connectivity index is 1.66. The number of aromatic nitrogens is 5. The molecule has 1 fully saturated rings. The van der Waals surface area contributed by atoms with Gasteiger partial charge in [-0.05, 0) is 36.8 Å². The molecule has 4 rings (SSSR count). The lowest BCUT2D eigenvalue weighted by molar-refractivity contribution is 0.120. The van der Waals surface area contributed by atoms with Crippen LogP contribution < -0.4 is 4.90 Å². The van der Waals surface area contributed by atoms with Gasteiger partial charge in [0.2, 0.25) is 0 Å². The summed E-state index contributed by atoms with van der Waals surface area (Å²) in [6.45, 7) is 5.10. The molecule has 1 atom stereocenters. The van der Waals surface area contributed by atoms with Crippen LogP contribution in [-0.2, 0) is 11.8 Å². The van der Waals surface area contributed by atoms with E-state index in [0.29, 0.717) is 17.7 Å². The maximum absolute atomic E-state index is 5.34. The van der Waals surface area contributed by atoms with Crippen molar-refractivity contribution in [1.82, 2.24) is 24.7 Å². The number of fused-ring (bicyclic) bond motifs is 1. The van der Waals surface area contributed by atoms with Crippen LogP contribution in [0.5, 0.6) is 0 Å². The van der Waals surface area contributed by atoms with Crippen molar-refractivity contribution in [1.29, 1.82) is 0 Å². The summed E-state index contributed by atoms with van der Waals surface area (Å²) in [6.07, 6.45) is 7.74. The maximum Gasteiger partial charge on any atom is 0.165 e. The first-order valence-corrected chi connectivity index (χ1v) is 9.51. The first-order chi connectivity index (χ1) is 13.2. The number of ether oxygens (including phenoxy) is 1. The normalized spacial score (nSPS) is 16.8. The van der Waals surface area contributed by atoms with E-state index in [1.54, 1.807) is 19.5 Å². The molecule has 142 valence electrons. The third kappa shape index (κ3) is 3.51. The highest BCUT2D eigenvalue weighted by molar-refractivity contribution is 5.88. The second-order valence-electron chi connectivity index (χ2n) is 7.38. The topological polar surface area (TPSA) is 69.0 Å². The van der Waals surface area contributed by atoms with Crippen molar-refractivity contribution in [3.8, 4) is 11.4 Å². The van der Waals surface area contributed by atoms with Crippen molar-refractivity contribution in [2.75, 3.05) is 31.7 Å². The Morgan fingerprint density at radius 2 is 2.04 bits per heavy atom. The molecule has 0 bridgehead atoms. The van der Waals surface area contributed by atoms with E-state index < -0.39 is 0 Å². The van der Waals surface area contributed by atoms with E-state index >= 15 is 0 Å². The highest BCUT2D eigenvalue weighted by Gasteiger charge is 2.26. The Morgan fingerprint density at radius 3 is 2.74 bits per heavy atom. The van der Waals surface area contributed by atoms with Crippen molar-refractivity contribution in [2.24, 2.45) is 18.9 Å². The molecular weight excluding hydrogens is 340 g/mol. The van der Waals surface area contributed by atoms with E-state index in [2.05, 4.69) is 21.9 Å². The molecule has 7 heteroatoms. The van der Waals surface area contributed by atoms with Crippen molar-refractivity contribution < 1.29 is 4.74 Å². The molecule has 27 heavy (non-hydrogen) atoms. The predicted molar refractivity (Wildman–Crippen MR) is 106 cm³/mol. The number of aryl methyl sites for hydroxylation is 1. The van der Waals surface area contributed by atoms with E-state index in [0.717, 1.165) is 55.0 Å². The maximum atomic E-state index is 5.34. The summed E-state index contributed by atoms with van der Waals surface area (Å²) in [7, 11) is 3.70. The molecule has 1 aliphatic rings. The van der Waals surface area contributed by atoms with Gasteiger partial charge >= 0.3 is 0 Å². The highest BCUT2D eigenvalue weighted by Crippen LogP contribution is 2.32. The average molecular weight is 366 g/mol. The first-order valence-electron chi connectivity index (χ1n) is 9.51. The highest BCUT2D eigenvalue weighted by atomic mass is 16.5. The van der Waals surface area contributed by atoms with Crippen molar-refractivity contribution in [3.63, 3.8) is 0 Å². The number of nitrogens with zero attached hydrogens (tertiary/aromatic N) is 6. The molecule has 0 aromatic carbocycles. The fourth-order valence-corrected chi connectivity index (χ4v) is 3.95. The number of hydrogen-bond acceptors (Lipinski definition) is 6. The first kappa shape index (κ1) is 17.9. The fourth-order valence-electron chi connectivity index (χ4n) is 3.95. The van der Waals surface area contributed by atoms with Gasteiger partial charge in [0, 0.05) is 51.8 Å². The van der Waals surface area contributed by atoms with Crippen molar-refractivity contribution >= 4 is 16.9 Å². The summed E-state index contributed by atoms with van der Waals surface area (Å²) in [5.41, 5.74) is 1.78. The summed E-state index contributed by atoms with van der Waals surface area (Å²) in [6, 6.07) is 3.90. The molecule has 0 aliphatic carbocycles. The number of methoxy groups -OCH3 is 1. The van der Waals surface area contributed by atoms with E-state index in [9.17, 15) is 0 Å². The Labute approximate surface area is 159 Å². The van der Waals surface area contributed by atoms with Gasteiger partial charge in [-0.1, -0.05) is 6.92 Å². The molecule has 4 heterocycles. The number of hydrogen-bond donors (Lipinski definition) is 0. The predicted octanol–water partition coefficient (Wildman–Crippen LogP) is 2.92. The molecule has 1 saturated heterocycles. The lowest BCUT2D eigenvalue weighted by Gasteiger charge is -2.35. The number of pyridine rings is 1. The second kappa shape index (κ2) is 7.60. The van der Waals surface area contributed by atoms with E-state index in [-0.39, 0.29) is 0 Å². The van der Waals surface area contributed by atoms with Gasteiger partial charge in [-0.3, -0.25) is 9.67 Å². The van der Waals surface area contributed by atoms with Crippen LogP contribution in [0.25, 0.3) is 22.4 Å². The van der Waals surface area contributed by atoms with Gasteiger partial charge in [0.25, 0.3) is 0 Å². The zero-order chi connectivity index (χ0) is 18.8. The van der Waals surface area contributed by atoms with E-state index in [4.69, 9.17) is 14.7 Å². The molecule has 1 aliphatic heterocycles. The SMILES string of the molecule is COCC(C)C1CCN(c2nc(-c3cccnc3)nc3c2cnn3C)CC1. The Bertz CT molecular complexity index is 901. The molecule has 3 aromatic heterocycles. The molecule has 7 nitrogen and oxygen atoms in total. The minimum atomic E-state index is 0.590. The number of anilines is 1. The minimum absolute atomic E-state index is 0.590. The van der Waals surface area contributed by atoms with Crippen LogP contribution in [0, 0.1) is 11.8 Å². The summed E-state index contributed by atoms with van der Waals surface area (Å²) >= 11 is 0. The third-order valence-corrected chi connectivity index (χ3v) is 5.57. The number of rotatable bonds is 5. The molecule has 0 amide bonds. The Morgan fingerprint density at radius 1 is 1.22 bits per heavy atom. The standard InChI is InChI=1S/C20H26N6O/c1-14(13-27-3)15-6-9-26(10-7-15)20-17-12-22-25(2)19(17)23-18(24-20)16-5-4-8-21-11-16/h4-5,8,11-12,14-15H,6-7,9-10,13H2,1-3H3. The summed E-state index contributed by atoms with van der Waals surface area (Å²) in [4.78, 5) is 16.2. The summed E-state index contributed by atoms with van der Waals surface area (Å²) < 4.78 is 7.16. The Hall–Kier alpha value is -2.54. The fraction of sp³-hybridized carbons (Fsp3) is 0.500. The van der Waals surface area contributed by atoms with Gasteiger partial charge in [0.15, 0.2) is 11.5 Å². The third-order valence-electron chi connectivity index (χ3n) is 5.57. The monoisotopic (exact) mass is 366 g/mol. The Kier molecular flexibility index (Phi) is 5.03. The van der Waals surface area contributed by atoms with Crippen LogP contribution in [0.1, 0.15) is 19.8 Å². The zero-order valence-corrected chi connectivity index (χ0v) is 16.2. The van der Waals surface area contributed by atoms with Crippen LogP contribution in [0.4, 0.5) is 5.82 Å². The largest absolute Gasteiger partial charge is 0.384 e. The molecule has 3 aromatic rings. The van der Waals surface area contributed by atoms with Crippen LogP contribution in [0.3, 0.4) is 0 Å². The number of piperidine rings is 1. The van der Waals surface area contributed by atoms with Gasteiger partial charge < -0.3 is 9.64 Å². The van der Waals surface area contributed by atoms with Crippen LogP contribution in [-0.4, -0.2) is 51.5 Å². The quantitative estimate of drug-likeness (QED) is 0.691. The van der Waals surface area contributed by atoms with Crippen molar-refractivity contribution in [3.05, 3.63) is 30.7 Å². The van der Waals surface area contributed by atoms with Crippen LogP contribution >= 0.6 is 0 Å². The average Bonchev–Trinajstić information content (AvgIpc) is 3.09. The molecule has 0 spiro atoms. The van der Waals surface area contributed by atoms with Gasteiger partial charge in [-0.2, -0.15) is 5.10 Å². The lowest BCUT2D eigenvalue weighted by atomic mass is 9.86. The lowest BCUT2D eigenvalue weighted by Crippen LogP contribution is -2.37. The second-order valence-corrected chi connectivity index (χ2v) is 7.38. The smallest absolute Gasteiger partial charge is 0.165 e. The minimum Gasteiger partial charge on any atom is -0.384 e. The van der Waals surface area contributed by atoms with Gasteiger partial charge in [-0.25, -0.2) is 9.97 Å². The summed E-state index contributed by atoms with van der Waals surface area (Å²) in [5, 5.41) is 5.42. The van der Waals surface area contributed by atoms with Gasteiger partial charge in [-0.15, -0.1) is 0 Å². The van der Waals surface area contributed by atoms with Crippen molar-refractivity contribution in [2.45, 2.75) is 19.8 Å². The van der Waals surface area contributed by atoms with Gasteiger partial charge in [0.05, 0.1) is 11.6 Å². The molecule has 0 saturated carbocycles. The molecule has 0 radical (unpaired) electrons. The van der Waals surface area contributed by atoms with Crippen LogP contribution in [0.15, 0.2) is 30.7 Å². The van der Waals surface area contributed by atoms with Gasteiger partial charge in [0.1, 0.15) is 5.82 Å². The molecule has 1 unspecified atom stereocenters.